The Balaban J connectivity index is 1.52. The van der Waals surface area contributed by atoms with E-state index >= 15 is 0 Å². The fourth-order valence-corrected chi connectivity index (χ4v) is 9.01. The van der Waals surface area contributed by atoms with E-state index in [1.54, 1.807) is 18.3 Å². The molecular formula is C29H32N2O3S. The maximum absolute atomic E-state index is 14.1. The van der Waals surface area contributed by atoms with Crippen LogP contribution in [-0.4, -0.2) is 28.7 Å². The highest BCUT2D eigenvalue weighted by molar-refractivity contribution is 7.90. The van der Waals surface area contributed by atoms with Gasteiger partial charge in [-0.1, -0.05) is 61.9 Å². The molecule has 3 aliphatic carbocycles. The summed E-state index contributed by atoms with van der Waals surface area (Å²) in [5, 5.41) is 0. The van der Waals surface area contributed by atoms with Crippen LogP contribution in [0.25, 0.3) is 0 Å². The fraction of sp³-hybridized carbons (Fsp3) is 0.414. The number of benzene rings is 2. The summed E-state index contributed by atoms with van der Waals surface area (Å²) in [5.41, 5.74) is 2.39. The van der Waals surface area contributed by atoms with E-state index in [9.17, 15) is 13.2 Å². The molecule has 1 aliphatic heterocycles. The number of aryl methyl sites for hydroxylation is 1. The SMILES string of the molecule is Cc1ccc(S(=O)(=O)n2cc3c(c2)[C@@]2(C)[C@@]4(C)C[C@]3(C)C[C@]2(C)C(=O)N4Cc2ccccc2)cc1. The molecule has 35 heavy (non-hydrogen) atoms. The first-order chi connectivity index (χ1) is 16.4. The van der Waals surface area contributed by atoms with Gasteiger partial charge < -0.3 is 4.90 Å². The van der Waals surface area contributed by atoms with Gasteiger partial charge in [-0.15, -0.1) is 0 Å². The van der Waals surface area contributed by atoms with Crippen molar-refractivity contribution >= 4 is 15.9 Å². The summed E-state index contributed by atoms with van der Waals surface area (Å²) in [4.78, 5) is 16.5. The lowest BCUT2D eigenvalue weighted by Crippen LogP contribution is -2.66. The molecule has 0 radical (unpaired) electrons. The van der Waals surface area contributed by atoms with E-state index in [0.717, 1.165) is 35.1 Å². The van der Waals surface area contributed by atoms with Crippen molar-refractivity contribution in [2.75, 3.05) is 0 Å². The molecule has 1 saturated heterocycles. The second-order valence-electron chi connectivity index (χ2n) is 11.8. The number of aromatic nitrogens is 1. The first-order valence-electron chi connectivity index (χ1n) is 12.3. The smallest absolute Gasteiger partial charge is 0.267 e. The molecule has 0 unspecified atom stereocenters. The van der Waals surface area contributed by atoms with Gasteiger partial charge in [-0.25, -0.2) is 12.4 Å². The summed E-state index contributed by atoms with van der Waals surface area (Å²) in [6, 6.07) is 17.1. The number of hydrogen-bond acceptors (Lipinski definition) is 3. The van der Waals surface area contributed by atoms with E-state index in [2.05, 4.69) is 44.7 Å². The quantitative estimate of drug-likeness (QED) is 0.509. The molecule has 3 aromatic rings. The zero-order valence-corrected chi connectivity index (χ0v) is 21.8. The molecule has 0 spiro atoms. The summed E-state index contributed by atoms with van der Waals surface area (Å²) < 4.78 is 28.6. The molecule has 4 atom stereocenters. The third-order valence-corrected chi connectivity index (χ3v) is 11.4. The van der Waals surface area contributed by atoms with Gasteiger partial charge in [0.15, 0.2) is 0 Å². The molecule has 2 aromatic carbocycles. The van der Waals surface area contributed by atoms with E-state index in [0.29, 0.717) is 6.54 Å². The van der Waals surface area contributed by atoms with Gasteiger partial charge in [0, 0.05) is 24.4 Å². The monoisotopic (exact) mass is 488 g/mol. The predicted octanol–water partition coefficient (Wildman–Crippen LogP) is 5.16. The largest absolute Gasteiger partial charge is 0.332 e. The lowest BCUT2D eigenvalue weighted by molar-refractivity contribution is -0.138. The average molecular weight is 489 g/mol. The number of amides is 1. The Hall–Kier alpha value is -2.86. The Morgan fingerprint density at radius 3 is 2.14 bits per heavy atom. The molecule has 2 fully saturated rings. The molecule has 182 valence electrons. The Kier molecular flexibility index (Phi) is 4.30. The Morgan fingerprint density at radius 1 is 0.857 bits per heavy atom. The lowest BCUT2D eigenvalue weighted by atomic mass is 9.39. The van der Waals surface area contributed by atoms with Crippen molar-refractivity contribution in [3.8, 4) is 0 Å². The summed E-state index contributed by atoms with van der Waals surface area (Å²) in [6.07, 6.45) is 5.15. The molecular weight excluding hydrogens is 456 g/mol. The maximum atomic E-state index is 14.1. The second-order valence-corrected chi connectivity index (χ2v) is 13.6. The standard InChI is InChI=1S/C29H32N2O3S/c1-20-11-13-22(14-12-20)35(33,34)30-16-23-24(17-30)29(5)27(3)18-26(23,2)19-28(29,4)31(25(27)32)15-21-9-7-6-8-10-21/h6-14,16-17H,15,18-19H2,1-5H3/t26-,27+,28+,29+/m0/s1. The van der Waals surface area contributed by atoms with Crippen molar-refractivity contribution in [1.82, 2.24) is 8.87 Å². The number of likely N-dealkylation sites (tertiary alicyclic amines) is 1. The Morgan fingerprint density at radius 2 is 1.49 bits per heavy atom. The van der Waals surface area contributed by atoms with Crippen LogP contribution in [-0.2, 0) is 32.2 Å². The Labute approximate surface area is 207 Å². The minimum Gasteiger partial charge on any atom is -0.332 e. The first kappa shape index (κ1) is 22.6. The minimum atomic E-state index is -3.73. The number of hydrogen-bond donors (Lipinski definition) is 0. The van der Waals surface area contributed by atoms with Crippen molar-refractivity contribution in [1.29, 1.82) is 0 Å². The van der Waals surface area contributed by atoms with Crippen molar-refractivity contribution in [2.24, 2.45) is 5.41 Å². The lowest BCUT2D eigenvalue weighted by Gasteiger charge is -2.63. The van der Waals surface area contributed by atoms with Gasteiger partial charge in [-0.05, 0) is 67.9 Å². The van der Waals surface area contributed by atoms with Gasteiger partial charge in [0.1, 0.15) is 0 Å². The third kappa shape index (κ3) is 2.58. The Bertz CT molecular complexity index is 1480. The summed E-state index contributed by atoms with van der Waals surface area (Å²) >= 11 is 0. The molecule has 1 aromatic heterocycles. The molecule has 6 heteroatoms. The zero-order chi connectivity index (χ0) is 25.0. The highest BCUT2D eigenvalue weighted by atomic mass is 32.2. The van der Waals surface area contributed by atoms with Crippen molar-refractivity contribution in [3.05, 3.63) is 89.2 Å². The molecule has 4 bridgehead atoms. The average Bonchev–Trinajstić information content (AvgIpc) is 3.31. The van der Waals surface area contributed by atoms with Crippen LogP contribution < -0.4 is 0 Å². The van der Waals surface area contributed by atoms with Gasteiger partial charge in [0.05, 0.1) is 15.8 Å². The third-order valence-electron chi connectivity index (χ3n) is 9.74. The first-order valence-corrected chi connectivity index (χ1v) is 13.7. The van der Waals surface area contributed by atoms with Crippen molar-refractivity contribution in [2.45, 2.75) is 75.3 Å². The normalized spacial score (nSPS) is 33.3. The van der Waals surface area contributed by atoms with E-state index in [1.807, 2.05) is 43.5 Å². The molecule has 0 N–H and O–H groups in total. The van der Waals surface area contributed by atoms with Crippen LogP contribution in [0.5, 0.6) is 0 Å². The summed E-state index contributed by atoms with van der Waals surface area (Å²) in [6.45, 7) is 11.2. The van der Waals surface area contributed by atoms with Crippen LogP contribution in [0, 0.1) is 12.3 Å². The van der Waals surface area contributed by atoms with E-state index in [4.69, 9.17) is 0 Å². The molecule has 7 rings (SSSR count). The van der Waals surface area contributed by atoms with Gasteiger partial charge in [0.2, 0.25) is 5.91 Å². The molecule has 4 aliphatic rings. The topological polar surface area (TPSA) is 59.4 Å². The molecule has 2 heterocycles. The van der Waals surface area contributed by atoms with Crippen LogP contribution in [0.15, 0.2) is 71.9 Å². The van der Waals surface area contributed by atoms with Gasteiger partial charge in [0.25, 0.3) is 10.0 Å². The van der Waals surface area contributed by atoms with Crippen LogP contribution >= 0.6 is 0 Å². The summed E-state index contributed by atoms with van der Waals surface area (Å²) in [5.74, 6) is 0.176. The minimum absolute atomic E-state index is 0.176. The predicted molar refractivity (Wildman–Crippen MR) is 136 cm³/mol. The maximum Gasteiger partial charge on any atom is 0.267 e. The van der Waals surface area contributed by atoms with Crippen molar-refractivity contribution in [3.63, 3.8) is 0 Å². The van der Waals surface area contributed by atoms with E-state index < -0.39 is 26.4 Å². The van der Waals surface area contributed by atoms with Crippen molar-refractivity contribution < 1.29 is 13.2 Å². The number of nitrogens with zero attached hydrogens (tertiary/aromatic N) is 2. The summed E-state index contributed by atoms with van der Waals surface area (Å²) in [7, 11) is -3.73. The second kappa shape index (κ2) is 6.67. The zero-order valence-electron chi connectivity index (χ0n) is 21.0. The van der Waals surface area contributed by atoms with Crippen LogP contribution in [0.2, 0.25) is 0 Å². The molecule has 1 amide bonds. The van der Waals surface area contributed by atoms with Gasteiger partial charge >= 0.3 is 0 Å². The number of carbonyl (C=O) groups excluding carboxylic acids is 1. The van der Waals surface area contributed by atoms with Gasteiger partial charge in [-0.2, -0.15) is 0 Å². The van der Waals surface area contributed by atoms with Crippen LogP contribution in [0.4, 0.5) is 0 Å². The highest BCUT2D eigenvalue weighted by Crippen LogP contribution is 2.73. The molecule has 5 nitrogen and oxygen atoms in total. The number of rotatable bonds is 4. The van der Waals surface area contributed by atoms with E-state index in [1.165, 1.54) is 3.97 Å². The number of carbonyl (C=O) groups is 1. The van der Waals surface area contributed by atoms with Crippen LogP contribution in [0.1, 0.15) is 62.8 Å². The van der Waals surface area contributed by atoms with Crippen LogP contribution in [0.3, 0.4) is 0 Å². The molecule has 1 saturated carbocycles. The van der Waals surface area contributed by atoms with Gasteiger partial charge in [-0.3, -0.25) is 4.79 Å². The van der Waals surface area contributed by atoms with E-state index in [-0.39, 0.29) is 16.2 Å². The fourth-order valence-electron chi connectivity index (χ4n) is 7.80. The highest BCUT2D eigenvalue weighted by Gasteiger charge is 2.78.